The van der Waals surface area contributed by atoms with Crippen LogP contribution in [0, 0.1) is 30.6 Å². The van der Waals surface area contributed by atoms with Crippen LogP contribution in [0.2, 0.25) is 0 Å². The number of benzene rings is 3. The van der Waals surface area contributed by atoms with Gasteiger partial charge in [0.1, 0.15) is 22.7 Å². The zero-order chi connectivity index (χ0) is 43.7. The maximum Gasteiger partial charge on any atom is 0.307 e. The molecule has 4 bridgehead atoms. The first-order valence-electron chi connectivity index (χ1n) is 19.9. The predicted octanol–water partition coefficient (Wildman–Crippen LogP) is 3.17. The first-order valence-corrected chi connectivity index (χ1v) is 19.9. The molecule has 1 aromatic heterocycles. The van der Waals surface area contributed by atoms with Gasteiger partial charge in [-0.2, -0.15) is 0 Å². The molecule has 1 amide bonds. The van der Waals surface area contributed by atoms with E-state index in [-0.39, 0.29) is 68.2 Å². The van der Waals surface area contributed by atoms with Crippen LogP contribution in [0.3, 0.4) is 0 Å². The number of phenols is 1. The molecule has 4 aromatic rings. The lowest BCUT2D eigenvalue weighted by Gasteiger charge is -2.37. The van der Waals surface area contributed by atoms with Crippen LogP contribution in [0.5, 0.6) is 11.5 Å². The summed E-state index contributed by atoms with van der Waals surface area (Å²) in [5.74, 6) is -6.32. The number of rotatable bonds is 2. The van der Waals surface area contributed by atoms with E-state index in [9.17, 15) is 45.0 Å². The van der Waals surface area contributed by atoms with E-state index < -0.39 is 93.9 Å². The third-order valence-corrected chi connectivity index (χ3v) is 12.4. The van der Waals surface area contributed by atoms with Crippen molar-refractivity contribution >= 4 is 56.0 Å². The third kappa shape index (κ3) is 7.05. The predicted molar refractivity (Wildman–Crippen MR) is 224 cm³/mol. The van der Waals surface area contributed by atoms with E-state index in [4.69, 9.17) is 18.6 Å². The molecule has 3 aromatic carbocycles. The van der Waals surface area contributed by atoms with Gasteiger partial charge < -0.3 is 59.5 Å². The molecule has 7 N–H and O–H groups in total. The number of carbonyl (C=O) groups excluding carboxylic acids is 1. The second kappa shape index (κ2) is 15.8. The normalized spacial score (nSPS) is 31.5. The first kappa shape index (κ1) is 42.6. The molecule has 0 unspecified atom stereocenters. The van der Waals surface area contributed by atoms with Crippen LogP contribution in [0.1, 0.15) is 47.1 Å². The standard InChI is InChI=1S/C44H51N3O13/c1-18-10-9-11-19(2)43(56)46-34-39(54)30-29(33-41(34)59-28-15-24(47-16-25(48)17-47)14-26(49)32(28)45-33)31-40(23(6)38(30)53)60-44(7,42(31)55)58-13-12-27(57-8)20(3)36(51)22(5)37(52)21(4)35(18)50/h9-15,18,20-22,25,27,35-37,48,50-53,55H,16-17H2,1-8H3,(H,46,56)/b10-9+,13-12+,19-11-/t18-,20+,21+,22-,27-,35-,36+,37+,44-/m0/s1. The van der Waals surface area contributed by atoms with Gasteiger partial charge >= 0.3 is 5.79 Å². The van der Waals surface area contributed by atoms with Crippen molar-refractivity contribution in [2.24, 2.45) is 23.7 Å². The second-order valence-electron chi connectivity index (χ2n) is 16.5. The molecule has 16 heteroatoms. The molecule has 1 saturated heterocycles. The Labute approximate surface area is 344 Å². The van der Waals surface area contributed by atoms with E-state index in [0.29, 0.717) is 5.69 Å². The maximum atomic E-state index is 14.7. The van der Waals surface area contributed by atoms with Crippen LogP contribution in [-0.4, -0.2) is 98.0 Å². The van der Waals surface area contributed by atoms with E-state index in [2.05, 4.69) is 10.3 Å². The van der Waals surface area contributed by atoms with Gasteiger partial charge in [0.2, 0.25) is 10.9 Å². The lowest BCUT2D eigenvalue weighted by molar-refractivity contribution is -0.112. The van der Waals surface area contributed by atoms with Crippen molar-refractivity contribution < 1.29 is 54.1 Å². The van der Waals surface area contributed by atoms with Gasteiger partial charge in [-0.25, -0.2) is 4.98 Å². The van der Waals surface area contributed by atoms with Crippen LogP contribution in [0.25, 0.3) is 38.7 Å². The highest BCUT2D eigenvalue weighted by atomic mass is 16.7. The van der Waals surface area contributed by atoms with Crippen LogP contribution in [0.4, 0.5) is 11.4 Å². The molecular weight excluding hydrogens is 778 g/mol. The number of hydrogen-bond donors (Lipinski definition) is 7. The van der Waals surface area contributed by atoms with Crippen molar-refractivity contribution in [2.75, 3.05) is 30.4 Å². The highest BCUT2D eigenvalue weighted by molar-refractivity contribution is 6.16. The second-order valence-corrected chi connectivity index (χ2v) is 16.5. The summed E-state index contributed by atoms with van der Waals surface area (Å²) in [4.78, 5) is 48.6. The number of nitrogens with one attached hydrogen (secondary N) is 1. The fourth-order valence-electron chi connectivity index (χ4n) is 8.33. The molecule has 0 radical (unpaired) electrons. The van der Waals surface area contributed by atoms with E-state index >= 15 is 0 Å². The zero-order valence-electron chi connectivity index (χ0n) is 34.6. The molecule has 9 atom stereocenters. The van der Waals surface area contributed by atoms with Gasteiger partial charge in [-0.15, -0.1) is 0 Å². The summed E-state index contributed by atoms with van der Waals surface area (Å²) in [5.41, 5.74) is -1.84. The molecule has 0 aliphatic carbocycles. The Kier molecular flexibility index (Phi) is 11.2. The summed E-state index contributed by atoms with van der Waals surface area (Å²) in [5, 5.41) is 69.6. The summed E-state index contributed by atoms with van der Waals surface area (Å²) >= 11 is 0. The fraction of sp³-hybridized carbons (Fsp3) is 0.455. The topological polar surface area (TPSA) is 242 Å². The van der Waals surface area contributed by atoms with Gasteiger partial charge in [0, 0.05) is 85.1 Å². The lowest BCUT2D eigenvalue weighted by Crippen LogP contribution is -2.51. The highest BCUT2D eigenvalue weighted by Crippen LogP contribution is 2.42. The van der Waals surface area contributed by atoms with Crippen LogP contribution in [0.15, 0.2) is 62.3 Å². The molecule has 3 aliphatic heterocycles. The minimum absolute atomic E-state index is 0.0342. The number of nitrogens with zero attached hydrogens (tertiary/aromatic N) is 2. The summed E-state index contributed by atoms with van der Waals surface area (Å²) in [7, 11) is 1.43. The molecule has 3 aliphatic rings. The Morgan fingerprint density at radius 1 is 0.900 bits per heavy atom. The third-order valence-electron chi connectivity index (χ3n) is 12.4. The van der Waals surface area contributed by atoms with Crippen LogP contribution >= 0.6 is 0 Å². The van der Waals surface area contributed by atoms with Crippen molar-refractivity contribution in [3.8, 4) is 11.5 Å². The van der Waals surface area contributed by atoms with Crippen molar-refractivity contribution in [1.29, 1.82) is 0 Å². The number of allylic oxidation sites excluding steroid dienone is 2. The molecule has 4 heterocycles. The van der Waals surface area contributed by atoms with Crippen LogP contribution < -0.4 is 31.0 Å². The minimum Gasteiger partial charge on any atom is -0.507 e. The number of amides is 1. The number of aromatic hydroxyl groups is 1. The number of carbonyl (C=O) groups is 1. The summed E-state index contributed by atoms with van der Waals surface area (Å²) in [6, 6.07) is 2.88. The average molecular weight is 830 g/mol. The molecule has 60 heavy (non-hydrogen) atoms. The quantitative estimate of drug-likeness (QED) is 0.113. The number of hydrogen-bond acceptors (Lipinski definition) is 15. The number of β-amino-alcohol motifs (C(OH)–C–C–N with tert-alkyl or cyclic N) is 1. The largest absolute Gasteiger partial charge is 0.507 e. The Morgan fingerprint density at radius 3 is 2.23 bits per heavy atom. The van der Waals surface area contributed by atoms with Crippen molar-refractivity contribution in [2.45, 2.75) is 84.8 Å². The Hall–Kier alpha value is -5.52. The number of aliphatic hydroxyl groups is 5. The molecule has 16 nitrogen and oxygen atoms in total. The number of ether oxygens (including phenoxy) is 3. The Morgan fingerprint density at radius 2 is 1.57 bits per heavy atom. The number of fused-ring (bicyclic) bond motifs is 2. The monoisotopic (exact) mass is 829 g/mol. The van der Waals surface area contributed by atoms with E-state index in [0.717, 1.165) is 0 Å². The van der Waals surface area contributed by atoms with Gasteiger partial charge in [0.05, 0.1) is 47.4 Å². The Balaban J connectivity index is 1.49. The van der Waals surface area contributed by atoms with Gasteiger partial charge in [0.25, 0.3) is 5.91 Å². The number of methoxy groups -OCH3 is 1. The summed E-state index contributed by atoms with van der Waals surface area (Å²) < 4.78 is 24.2. The molecule has 1 fully saturated rings. The SMILES string of the molecule is CO[C@H]1/C=C/O[C@@]2(C)Oc3c(C)c(O)c4c(=O)c(c5oc6cc(N7CC(O)C7)cc(=O)c6nc5c4c3=C2O)NC(=O)/C(C)=C\C=C\[C@H](C)[C@H](O)[C@@H](C)[C@@H](O)[C@@H](C)[C@H](O)[C@@H]1C. The number of phenolic OH excluding ortho intramolecular Hbond substituents is 1. The molecular formula is C44H51N3O13. The van der Waals surface area contributed by atoms with E-state index in [1.807, 2.05) is 0 Å². The first-order chi connectivity index (χ1) is 28.3. The van der Waals surface area contributed by atoms with Crippen molar-refractivity contribution in [3.05, 3.63) is 79.5 Å². The highest BCUT2D eigenvalue weighted by Gasteiger charge is 2.44. The maximum absolute atomic E-state index is 14.7. The van der Waals surface area contributed by atoms with E-state index in [1.54, 1.807) is 44.7 Å². The smallest absolute Gasteiger partial charge is 0.307 e. The summed E-state index contributed by atoms with van der Waals surface area (Å²) in [6.07, 6.45) is 2.78. The van der Waals surface area contributed by atoms with Crippen molar-refractivity contribution in [3.63, 3.8) is 0 Å². The van der Waals surface area contributed by atoms with Crippen LogP contribution in [-0.2, 0) is 14.3 Å². The molecule has 0 saturated carbocycles. The van der Waals surface area contributed by atoms with Gasteiger partial charge in [-0.05, 0) is 19.9 Å². The fourth-order valence-corrected chi connectivity index (χ4v) is 8.33. The van der Waals surface area contributed by atoms with Crippen molar-refractivity contribution in [1.82, 2.24) is 4.98 Å². The number of aliphatic hydroxyl groups excluding tert-OH is 5. The molecule has 7 rings (SSSR count). The molecule has 320 valence electrons. The zero-order valence-corrected chi connectivity index (χ0v) is 34.6. The Bertz CT molecular complexity index is 2670. The van der Waals surface area contributed by atoms with Gasteiger partial charge in [-0.1, -0.05) is 45.9 Å². The van der Waals surface area contributed by atoms with Gasteiger partial charge in [0.15, 0.2) is 22.4 Å². The van der Waals surface area contributed by atoms with Gasteiger partial charge in [-0.3, -0.25) is 14.4 Å². The van der Waals surface area contributed by atoms with E-state index in [1.165, 1.54) is 58.4 Å². The molecule has 0 spiro atoms. The number of aromatic nitrogens is 1. The number of anilines is 2. The minimum atomic E-state index is -1.96. The summed E-state index contributed by atoms with van der Waals surface area (Å²) in [6.45, 7) is 11.8. The average Bonchev–Trinajstić information content (AvgIpc) is 3.47. The lowest BCUT2D eigenvalue weighted by atomic mass is 9.78.